The van der Waals surface area contributed by atoms with Gasteiger partial charge in [0, 0.05) is 0 Å². The van der Waals surface area contributed by atoms with Crippen molar-refractivity contribution >= 4 is 11.9 Å². The van der Waals surface area contributed by atoms with Crippen LogP contribution in [0.3, 0.4) is 0 Å². The van der Waals surface area contributed by atoms with Crippen molar-refractivity contribution < 1.29 is 14.3 Å². The highest BCUT2D eigenvalue weighted by Gasteiger charge is 2.66. The number of hydrogen-bond acceptors (Lipinski definition) is 3. The van der Waals surface area contributed by atoms with Gasteiger partial charge in [-0.05, 0) is 30.1 Å². The fraction of sp³-hybridized carbons (Fsp3) is 0.636. The van der Waals surface area contributed by atoms with Gasteiger partial charge >= 0.3 is 11.9 Å². The first kappa shape index (κ1) is 7.21. The number of allylic oxidation sites excluding steroid dienone is 2. The zero-order valence-corrected chi connectivity index (χ0v) is 7.55. The number of carbonyl (C=O) groups excluding carboxylic acids is 2. The van der Waals surface area contributed by atoms with E-state index in [-0.39, 0.29) is 23.8 Å². The molecule has 0 aromatic carbocycles. The smallest absolute Gasteiger partial charge is 0.318 e. The Morgan fingerprint density at radius 1 is 1.00 bits per heavy atom. The van der Waals surface area contributed by atoms with Crippen molar-refractivity contribution in [3.8, 4) is 0 Å². The molecule has 1 saturated heterocycles. The molecule has 72 valence electrons. The first-order chi connectivity index (χ1) is 6.77. The second-order valence-electron chi connectivity index (χ2n) is 4.89. The minimum atomic E-state index is -0.273. The monoisotopic (exact) mass is 190 g/mol. The minimum absolute atomic E-state index is 0.138. The quantitative estimate of drug-likeness (QED) is 0.321. The Balaban J connectivity index is 1.88. The average molecular weight is 190 g/mol. The summed E-state index contributed by atoms with van der Waals surface area (Å²) in [6.07, 6.45) is 5.48. The molecule has 3 fully saturated rings. The zero-order chi connectivity index (χ0) is 9.45. The van der Waals surface area contributed by atoms with Crippen LogP contribution in [-0.2, 0) is 14.3 Å². The van der Waals surface area contributed by atoms with Crippen molar-refractivity contribution in [3.63, 3.8) is 0 Å². The lowest BCUT2D eigenvalue weighted by molar-refractivity contribution is -0.154. The third-order valence-corrected chi connectivity index (χ3v) is 4.40. The van der Waals surface area contributed by atoms with Gasteiger partial charge in [-0.2, -0.15) is 0 Å². The number of cyclic esters (lactones) is 2. The molecule has 4 aliphatic carbocycles. The first-order valence-electron chi connectivity index (χ1n) is 5.21. The van der Waals surface area contributed by atoms with E-state index >= 15 is 0 Å². The molecule has 0 radical (unpaired) electrons. The maximum Gasteiger partial charge on any atom is 0.318 e. The van der Waals surface area contributed by atoms with E-state index in [1.165, 1.54) is 6.42 Å². The third kappa shape index (κ3) is 0.606. The molecule has 3 heteroatoms. The van der Waals surface area contributed by atoms with E-state index in [1.807, 2.05) is 0 Å². The van der Waals surface area contributed by atoms with E-state index < -0.39 is 0 Å². The summed E-state index contributed by atoms with van der Waals surface area (Å²) in [5, 5.41) is 0. The molecule has 0 amide bonds. The number of carbonyl (C=O) groups is 2. The van der Waals surface area contributed by atoms with Crippen LogP contribution in [0, 0.1) is 35.5 Å². The first-order valence-corrected chi connectivity index (χ1v) is 5.21. The largest absolute Gasteiger partial charge is 0.393 e. The van der Waals surface area contributed by atoms with Crippen LogP contribution in [0.25, 0.3) is 0 Å². The molecule has 0 spiro atoms. The Labute approximate surface area is 81.1 Å². The van der Waals surface area contributed by atoms with Gasteiger partial charge in [-0.25, -0.2) is 0 Å². The van der Waals surface area contributed by atoms with Crippen molar-refractivity contribution in [2.24, 2.45) is 35.5 Å². The second kappa shape index (κ2) is 1.95. The molecule has 1 aliphatic heterocycles. The van der Waals surface area contributed by atoms with Gasteiger partial charge in [0.05, 0.1) is 11.8 Å². The SMILES string of the molecule is O=C1OC(=O)[C@H]2[C@@H]1[C@@H]1C=C[C@H]2C2CC21. The second-order valence-corrected chi connectivity index (χ2v) is 4.89. The van der Waals surface area contributed by atoms with Crippen LogP contribution >= 0.6 is 0 Å². The lowest BCUT2D eigenvalue weighted by Gasteiger charge is -2.36. The molecule has 5 rings (SSSR count). The zero-order valence-electron chi connectivity index (χ0n) is 7.55. The summed E-state index contributed by atoms with van der Waals surface area (Å²) >= 11 is 0. The predicted octanol–water partition coefficient (Wildman–Crippen LogP) is 0.754. The Hall–Kier alpha value is -1.12. The van der Waals surface area contributed by atoms with Crippen molar-refractivity contribution in [2.75, 3.05) is 0 Å². The predicted molar refractivity (Wildman–Crippen MR) is 45.8 cm³/mol. The highest BCUT2D eigenvalue weighted by molar-refractivity contribution is 5.97. The molecule has 0 aromatic heterocycles. The standard InChI is InChI=1S/C11H10O3/c12-10-8-4-1-2-5(7-3-6(4)7)9(8)11(13)14-10/h1-2,4-9H,3H2/t4-,5+,6?,7?,8+,9-. The van der Waals surface area contributed by atoms with Gasteiger partial charge in [-0.15, -0.1) is 0 Å². The molecule has 3 nitrogen and oxygen atoms in total. The van der Waals surface area contributed by atoms with Crippen molar-refractivity contribution in [1.82, 2.24) is 0 Å². The highest BCUT2D eigenvalue weighted by atomic mass is 16.6. The van der Waals surface area contributed by atoms with Crippen molar-refractivity contribution in [3.05, 3.63) is 12.2 Å². The lowest BCUT2D eigenvalue weighted by Crippen LogP contribution is -2.40. The Morgan fingerprint density at radius 2 is 1.50 bits per heavy atom. The summed E-state index contributed by atoms with van der Waals surface area (Å²) in [5.41, 5.74) is 0. The van der Waals surface area contributed by atoms with Crippen LogP contribution < -0.4 is 0 Å². The summed E-state index contributed by atoms with van der Waals surface area (Å²) < 4.78 is 4.74. The van der Waals surface area contributed by atoms with Gasteiger partial charge < -0.3 is 4.74 Å². The fourth-order valence-electron chi connectivity index (χ4n) is 3.76. The van der Waals surface area contributed by atoms with Crippen molar-refractivity contribution in [1.29, 1.82) is 0 Å². The fourth-order valence-corrected chi connectivity index (χ4v) is 3.76. The van der Waals surface area contributed by atoms with E-state index in [0.717, 1.165) is 0 Å². The molecule has 5 aliphatic rings. The summed E-state index contributed by atoms with van der Waals surface area (Å²) in [4.78, 5) is 23.0. The van der Waals surface area contributed by atoms with Gasteiger partial charge in [0.2, 0.25) is 0 Å². The molecule has 14 heavy (non-hydrogen) atoms. The van der Waals surface area contributed by atoms with Crippen LogP contribution in [0.4, 0.5) is 0 Å². The molecule has 0 aromatic rings. The van der Waals surface area contributed by atoms with Gasteiger partial charge in [0.25, 0.3) is 0 Å². The molecule has 6 atom stereocenters. The number of esters is 2. The molecule has 2 unspecified atom stereocenters. The summed E-state index contributed by atoms with van der Waals surface area (Å²) in [7, 11) is 0. The Bertz CT molecular complexity index is 350. The van der Waals surface area contributed by atoms with Gasteiger partial charge in [-0.1, -0.05) is 12.2 Å². The molecular weight excluding hydrogens is 180 g/mol. The van der Waals surface area contributed by atoms with E-state index in [1.54, 1.807) is 0 Å². The number of hydrogen-bond donors (Lipinski definition) is 0. The van der Waals surface area contributed by atoms with Gasteiger partial charge in [0.1, 0.15) is 0 Å². The van der Waals surface area contributed by atoms with Crippen LogP contribution in [0.5, 0.6) is 0 Å². The third-order valence-electron chi connectivity index (χ3n) is 4.40. The van der Waals surface area contributed by atoms with E-state index in [4.69, 9.17) is 4.74 Å². The maximum absolute atomic E-state index is 11.5. The Kier molecular flexibility index (Phi) is 1.00. The summed E-state index contributed by atoms with van der Waals surface area (Å²) in [6.45, 7) is 0. The summed E-state index contributed by atoms with van der Waals surface area (Å²) in [6, 6.07) is 0. The summed E-state index contributed by atoms with van der Waals surface area (Å²) in [5.74, 6) is 1.12. The number of ether oxygens (including phenoxy) is 1. The molecule has 0 N–H and O–H groups in total. The van der Waals surface area contributed by atoms with Crippen molar-refractivity contribution in [2.45, 2.75) is 6.42 Å². The average Bonchev–Trinajstić information content (AvgIpc) is 2.92. The van der Waals surface area contributed by atoms with Crippen LogP contribution in [-0.4, -0.2) is 11.9 Å². The van der Waals surface area contributed by atoms with E-state index in [9.17, 15) is 9.59 Å². The molecule has 1 heterocycles. The lowest BCUT2D eigenvalue weighted by atomic mass is 9.63. The van der Waals surface area contributed by atoms with Crippen LogP contribution in [0.15, 0.2) is 12.2 Å². The van der Waals surface area contributed by atoms with E-state index in [2.05, 4.69) is 12.2 Å². The van der Waals surface area contributed by atoms with Gasteiger partial charge in [-0.3, -0.25) is 9.59 Å². The van der Waals surface area contributed by atoms with Crippen LogP contribution in [0.1, 0.15) is 6.42 Å². The Morgan fingerprint density at radius 3 is 2.00 bits per heavy atom. The normalized spacial score (nSPS) is 56.9. The van der Waals surface area contributed by atoms with E-state index in [0.29, 0.717) is 23.7 Å². The molecular formula is C11H10O3. The topological polar surface area (TPSA) is 43.4 Å². The number of rotatable bonds is 0. The molecule has 2 saturated carbocycles. The maximum atomic E-state index is 11.5. The van der Waals surface area contributed by atoms with Gasteiger partial charge in [0.15, 0.2) is 0 Å². The molecule has 2 bridgehead atoms. The van der Waals surface area contributed by atoms with Crippen LogP contribution in [0.2, 0.25) is 0 Å². The minimum Gasteiger partial charge on any atom is -0.393 e. The highest BCUT2D eigenvalue weighted by Crippen LogP contribution is 2.65.